The van der Waals surface area contributed by atoms with Crippen molar-refractivity contribution in [2.75, 3.05) is 0 Å². The van der Waals surface area contributed by atoms with Crippen LogP contribution in [0, 0.1) is 20.2 Å². The van der Waals surface area contributed by atoms with E-state index in [1.807, 2.05) is 13.8 Å². The molecule has 0 saturated carbocycles. The van der Waals surface area contributed by atoms with Crippen LogP contribution in [-0.2, 0) is 0 Å². The van der Waals surface area contributed by atoms with Crippen LogP contribution < -0.4 is 0 Å². The topological polar surface area (TPSA) is 86.3 Å². The molecule has 0 bridgehead atoms. The third-order valence-electron chi connectivity index (χ3n) is 4.01. The van der Waals surface area contributed by atoms with Gasteiger partial charge in [0.15, 0.2) is 0 Å². The first-order valence-corrected chi connectivity index (χ1v) is 6.89. The molecule has 0 radical (unpaired) electrons. The lowest BCUT2D eigenvalue weighted by molar-refractivity contribution is -0.385. The lowest BCUT2D eigenvalue weighted by Crippen LogP contribution is -2.05. The fourth-order valence-corrected chi connectivity index (χ4v) is 2.38. The van der Waals surface area contributed by atoms with Crippen molar-refractivity contribution < 1.29 is 9.85 Å². The molecule has 22 heavy (non-hydrogen) atoms. The normalized spacial score (nSPS) is 13.4. The van der Waals surface area contributed by atoms with Crippen LogP contribution in [0.5, 0.6) is 0 Å². The summed E-state index contributed by atoms with van der Waals surface area (Å²) in [5.41, 5.74) is 2.13. The Morgan fingerprint density at radius 2 is 0.955 bits per heavy atom. The lowest BCUT2D eigenvalue weighted by atomic mass is 9.84. The molecule has 0 aliphatic heterocycles. The predicted molar refractivity (Wildman–Crippen MR) is 83.0 cm³/mol. The second-order valence-corrected chi connectivity index (χ2v) is 5.27. The van der Waals surface area contributed by atoms with Gasteiger partial charge in [0.1, 0.15) is 0 Å². The van der Waals surface area contributed by atoms with Gasteiger partial charge < -0.3 is 0 Å². The van der Waals surface area contributed by atoms with Crippen LogP contribution in [0.2, 0.25) is 0 Å². The van der Waals surface area contributed by atoms with Gasteiger partial charge in [-0.25, -0.2) is 0 Å². The summed E-state index contributed by atoms with van der Waals surface area (Å²) in [5.74, 6) is 0.282. The molecule has 0 amide bonds. The lowest BCUT2D eigenvalue weighted by Gasteiger charge is -2.20. The van der Waals surface area contributed by atoms with Gasteiger partial charge >= 0.3 is 0 Å². The molecular weight excluding hydrogens is 284 g/mol. The Balaban J connectivity index is 2.18. The van der Waals surface area contributed by atoms with Crippen LogP contribution in [0.4, 0.5) is 11.4 Å². The number of nitrogens with zero attached hydrogens (tertiary/aromatic N) is 2. The number of benzene rings is 2. The highest BCUT2D eigenvalue weighted by Gasteiger charge is 2.18. The van der Waals surface area contributed by atoms with Gasteiger partial charge in [0, 0.05) is 24.3 Å². The summed E-state index contributed by atoms with van der Waals surface area (Å²) in [6.45, 7) is 4.07. The molecule has 6 nitrogen and oxygen atoms in total. The molecule has 0 saturated heterocycles. The minimum atomic E-state index is -0.422. The standard InChI is InChI=1S/C16H16N2O4/c1-11(13-3-7-15(8-4-13)17(19)20)12(2)14-5-9-16(10-6-14)18(21)22/h3-12H,1-2H3/t11-,12-/m0/s1. The van der Waals surface area contributed by atoms with Gasteiger partial charge in [-0.3, -0.25) is 20.2 Å². The zero-order chi connectivity index (χ0) is 16.3. The van der Waals surface area contributed by atoms with Crippen molar-refractivity contribution in [1.29, 1.82) is 0 Å². The number of rotatable bonds is 5. The second kappa shape index (κ2) is 6.34. The van der Waals surface area contributed by atoms with Crippen LogP contribution in [-0.4, -0.2) is 9.85 Å². The molecule has 0 aliphatic rings. The molecule has 0 spiro atoms. The summed E-state index contributed by atoms with van der Waals surface area (Å²) in [6, 6.07) is 13.0. The summed E-state index contributed by atoms with van der Waals surface area (Å²) < 4.78 is 0. The number of nitro benzene ring substituents is 2. The minimum Gasteiger partial charge on any atom is -0.258 e. The van der Waals surface area contributed by atoms with Crippen molar-refractivity contribution in [2.24, 2.45) is 0 Å². The van der Waals surface area contributed by atoms with Gasteiger partial charge in [0.2, 0.25) is 0 Å². The van der Waals surface area contributed by atoms with Crippen molar-refractivity contribution in [3.05, 3.63) is 79.9 Å². The third kappa shape index (κ3) is 3.28. The number of hydrogen-bond donors (Lipinski definition) is 0. The third-order valence-corrected chi connectivity index (χ3v) is 4.01. The Hall–Kier alpha value is -2.76. The van der Waals surface area contributed by atoms with Crippen molar-refractivity contribution >= 4 is 11.4 Å². The van der Waals surface area contributed by atoms with Crippen LogP contribution in [0.25, 0.3) is 0 Å². The predicted octanol–water partition coefficient (Wildman–Crippen LogP) is 4.41. The molecule has 2 rings (SSSR count). The summed E-state index contributed by atoms with van der Waals surface area (Å²) in [7, 11) is 0. The largest absolute Gasteiger partial charge is 0.269 e. The van der Waals surface area contributed by atoms with Gasteiger partial charge in [-0.05, 0) is 23.0 Å². The van der Waals surface area contributed by atoms with Gasteiger partial charge in [-0.15, -0.1) is 0 Å². The van der Waals surface area contributed by atoms with E-state index in [-0.39, 0.29) is 23.2 Å². The van der Waals surface area contributed by atoms with E-state index >= 15 is 0 Å². The quantitative estimate of drug-likeness (QED) is 0.604. The molecule has 114 valence electrons. The molecular formula is C16H16N2O4. The van der Waals surface area contributed by atoms with E-state index in [0.717, 1.165) is 11.1 Å². The van der Waals surface area contributed by atoms with E-state index in [1.54, 1.807) is 24.3 Å². The van der Waals surface area contributed by atoms with E-state index in [9.17, 15) is 20.2 Å². The molecule has 2 aromatic carbocycles. The number of nitro groups is 2. The molecule has 0 unspecified atom stereocenters. The fourth-order valence-electron chi connectivity index (χ4n) is 2.38. The Morgan fingerprint density at radius 3 is 1.18 bits per heavy atom. The van der Waals surface area contributed by atoms with Crippen LogP contribution >= 0.6 is 0 Å². The summed E-state index contributed by atoms with van der Waals surface area (Å²) >= 11 is 0. The maximum atomic E-state index is 10.7. The van der Waals surface area contributed by atoms with Gasteiger partial charge in [-0.1, -0.05) is 38.1 Å². The summed E-state index contributed by atoms with van der Waals surface area (Å²) in [6.07, 6.45) is 0. The molecule has 0 heterocycles. The maximum absolute atomic E-state index is 10.7. The first-order chi connectivity index (χ1) is 10.4. The Bertz CT molecular complexity index is 619. The zero-order valence-corrected chi connectivity index (χ0v) is 12.3. The van der Waals surface area contributed by atoms with Gasteiger partial charge in [0.25, 0.3) is 11.4 Å². The van der Waals surface area contributed by atoms with Crippen LogP contribution in [0.1, 0.15) is 36.8 Å². The molecule has 2 aromatic rings. The molecule has 6 heteroatoms. The van der Waals surface area contributed by atoms with Crippen molar-refractivity contribution in [3.63, 3.8) is 0 Å². The Labute approximate surface area is 127 Å². The number of non-ortho nitro benzene ring substituents is 2. The SMILES string of the molecule is C[C@H](c1ccc([N+](=O)[O-])cc1)[C@H](C)c1ccc([N+](=O)[O-])cc1. The highest BCUT2D eigenvalue weighted by Crippen LogP contribution is 2.33. The average Bonchev–Trinajstić information content (AvgIpc) is 2.53. The summed E-state index contributed by atoms with van der Waals surface area (Å²) in [5, 5.41) is 21.3. The molecule has 2 atom stereocenters. The first-order valence-electron chi connectivity index (χ1n) is 6.89. The van der Waals surface area contributed by atoms with Crippen LogP contribution in [0.15, 0.2) is 48.5 Å². The van der Waals surface area contributed by atoms with E-state index in [1.165, 1.54) is 24.3 Å². The zero-order valence-electron chi connectivity index (χ0n) is 12.3. The Kier molecular flexibility index (Phi) is 4.50. The van der Waals surface area contributed by atoms with E-state index in [0.29, 0.717) is 0 Å². The Morgan fingerprint density at radius 1 is 0.682 bits per heavy atom. The van der Waals surface area contributed by atoms with Crippen molar-refractivity contribution in [2.45, 2.75) is 25.7 Å². The smallest absolute Gasteiger partial charge is 0.258 e. The van der Waals surface area contributed by atoms with E-state index < -0.39 is 9.85 Å². The summed E-state index contributed by atoms with van der Waals surface area (Å²) in [4.78, 5) is 20.5. The molecule has 0 aliphatic carbocycles. The highest BCUT2D eigenvalue weighted by molar-refractivity contribution is 5.38. The van der Waals surface area contributed by atoms with Crippen LogP contribution in [0.3, 0.4) is 0 Å². The maximum Gasteiger partial charge on any atom is 0.269 e. The van der Waals surface area contributed by atoms with E-state index in [2.05, 4.69) is 0 Å². The molecule has 0 aromatic heterocycles. The fraction of sp³-hybridized carbons (Fsp3) is 0.250. The second-order valence-electron chi connectivity index (χ2n) is 5.27. The van der Waals surface area contributed by atoms with Crippen molar-refractivity contribution in [3.8, 4) is 0 Å². The van der Waals surface area contributed by atoms with Gasteiger partial charge in [-0.2, -0.15) is 0 Å². The monoisotopic (exact) mass is 300 g/mol. The van der Waals surface area contributed by atoms with Crippen molar-refractivity contribution in [1.82, 2.24) is 0 Å². The molecule has 0 fully saturated rings. The molecule has 0 N–H and O–H groups in total. The highest BCUT2D eigenvalue weighted by atomic mass is 16.6. The van der Waals surface area contributed by atoms with Gasteiger partial charge in [0.05, 0.1) is 9.85 Å². The number of hydrogen-bond acceptors (Lipinski definition) is 4. The first kappa shape index (κ1) is 15.6. The van der Waals surface area contributed by atoms with E-state index in [4.69, 9.17) is 0 Å². The minimum absolute atomic E-state index is 0.0685. The average molecular weight is 300 g/mol.